The quantitative estimate of drug-likeness (QED) is 0.675. The lowest BCUT2D eigenvalue weighted by Crippen LogP contribution is -2.20. The van der Waals surface area contributed by atoms with E-state index >= 15 is 0 Å². The minimum Gasteiger partial charge on any atom is -0.366 e. The van der Waals surface area contributed by atoms with Crippen LogP contribution < -0.4 is 11.5 Å². The smallest absolute Gasteiger partial charge is 0.244 e. The molecule has 0 saturated heterocycles. The molecule has 0 saturated carbocycles. The second-order valence-corrected chi connectivity index (χ2v) is 4.07. The predicted molar refractivity (Wildman–Crippen MR) is 59.7 cm³/mol. The molecule has 15 heavy (non-hydrogen) atoms. The van der Waals surface area contributed by atoms with Gasteiger partial charge in [0.15, 0.2) is 0 Å². The summed E-state index contributed by atoms with van der Waals surface area (Å²) in [6.45, 7) is 7.24. The van der Waals surface area contributed by atoms with E-state index in [2.05, 4.69) is 0 Å². The molecule has 0 aromatic carbocycles. The van der Waals surface area contributed by atoms with E-state index in [0.29, 0.717) is 5.57 Å². The average Bonchev–Trinajstić information content (AvgIpc) is 2.12. The summed E-state index contributed by atoms with van der Waals surface area (Å²) in [5, 5.41) is 0. The largest absolute Gasteiger partial charge is 0.366 e. The summed E-state index contributed by atoms with van der Waals surface area (Å²) >= 11 is 0. The fourth-order valence-electron chi connectivity index (χ4n) is 1.08. The lowest BCUT2D eigenvalue weighted by molar-refractivity contribution is -0.115. The Morgan fingerprint density at radius 1 is 1.13 bits per heavy atom. The molecule has 0 heterocycles. The van der Waals surface area contributed by atoms with Gasteiger partial charge in [-0.3, -0.25) is 9.59 Å². The predicted octanol–water partition coefficient (Wildman–Crippen LogP) is 0.876. The monoisotopic (exact) mass is 210 g/mol. The third kappa shape index (κ3) is 3.97. The molecule has 0 spiro atoms. The Morgan fingerprint density at radius 3 is 1.93 bits per heavy atom. The third-order valence-electron chi connectivity index (χ3n) is 2.56. The van der Waals surface area contributed by atoms with Crippen LogP contribution in [0.2, 0.25) is 0 Å². The van der Waals surface area contributed by atoms with Crippen LogP contribution in [0, 0.1) is 5.41 Å². The number of carbonyl (C=O) groups excluding carboxylic acids is 2. The van der Waals surface area contributed by atoms with Crippen LogP contribution in [0.25, 0.3) is 0 Å². The first-order valence-electron chi connectivity index (χ1n) is 4.65. The van der Waals surface area contributed by atoms with Crippen molar-refractivity contribution in [1.29, 1.82) is 0 Å². The summed E-state index contributed by atoms with van der Waals surface area (Å²) in [6.07, 6.45) is 2.95. The highest BCUT2D eigenvalue weighted by Gasteiger charge is 2.20. The van der Waals surface area contributed by atoms with Crippen molar-refractivity contribution in [3.05, 3.63) is 23.3 Å². The van der Waals surface area contributed by atoms with Gasteiger partial charge in [-0.15, -0.1) is 0 Å². The summed E-state index contributed by atoms with van der Waals surface area (Å²) in [7, 11) is 0. The summed E-state index contributed by atoms with van der Waals surface area (Å²) in [5.74, 6) is -0.958. The van der Waals surface area contributed by atoms with Gasteiger partial charge in [-0.05, 0) is 19.9 Å². The first kappa shape index (κ1) is 13.4. The molecule has 4 heteroatoms. The van der Waals surface area contributed by atoms with Crippen LogP contribution >= 0.6 is 0 Å². The van der Waals surface area contributed by atoms with Crippen molar-refractivity contribution in [2.75, 3.05) is 0 Å². The van der Waals surface area contributed by atoms with Crippen molar-refractivity contribution >= 4 is 11.8 Å². The van der Waals surface area contributed by atoms with E-state index in [-0.39, 0.29) is 0 Å². The standard InChI is InChI=1S/C11H18N2O2/c1-7(10(13)15)8(2)11(3,4)6-5-9(12)14/h5-6H,1-4H3,(H2,12,14)(H2,13,15). The van der Waals surface area contributed by atoms with Crippen LogP contribution in [0.4, 0.5) is 0 Å². The number of hydrogen-bond donors (Lipinski definition) is 2. The van der Waals surface area contributed by atoms with Crippen LogP contribution in [0.3, 0.4) is 0 Å². The fraction of sp³-hybridized carbons (Fsp3) is 0.455. The topological polar surface area (TPSA) is 86.2 Å². The third-order valence-corrected chi connectivity index (χ3v) is 2.56. The molecule has 0 rings (SSSR count). The van der Waals surface area contributed by atoms with Gasteiger partial charge < -0.3 is 11.5 Å². The molecule has 84 valence electrons. The molecule has 0 bridgehead atoms. The van der Waals surface area contributed by atoms with E-state index in [1.54, 1.807) is 13.0 Å². The molecular weight excluding hydrogens is 192 g/mol. The Morgan fingerprint density at radius 2 is 1.60 bits per heavy atom. The van der Waals surface area contributed by atoms with Crippen LogP contribution in [-0.4, -0.2) is 11.8 Å². The highest BCUT2D eigenvalue weighted by molar-refractivity contribution is 5.92. The molecule has 0 unspecified atom stereocenters. The minimum atomic E-state index is -0.507. The average molecular weight is 210 g/mol. The van der Waals surface area contributed by atoms with E-state index in [1.807, 2.05) is 20.8 Å². The zero-order valence-electron chi connectivity index (χ0n) is 9.63. The summed E-state index contributed by atoms with van der Waals surface area (Å²) in [4.78, 5) is 21.6. The maximum atomic E-state index is 11.0. The van der Waals surface area contributed by atoms with Gasteiger partial charge in [0.2, 0.25) is 11.8 Å². The lowest BCUT2D eigenvalue weighted by atomic mass is 9.82. The molecule has 0 aliphatic heterocycles. The SMILES string of the molecule is CC(C(N)=O)=C(C)C(C)(C)C=CC(N)=O. The lowest BCUT2D eigenvalue weighted by Gasteiger charge is -2.23. The Bertz CT molecular complexity index is 338. The minimum absolute atomic E-state index is 0.409. The van der Waals surface area contributed by atoms with Crippen molar-refractivity contribution in [1.82, 2.24) is 0 Å². The van der Waals surface area contributed by atoms with Gasteiger partial charge in [0, 0.05) is 11.0 Å². The van der Waals surface area contributed by atoms with Gasteiger partial charge in [-0.1, -0.05) is 25.5 Å². The number of rotatable bonds is 4. The second-order valence-electron chi connectivity index (χ2n) is 4.07. The van der Waals surface area contributed by atoms with Gasteiger partial charge in [0.05, 0.1) is 0 Å². The zero-order valence-corrected chi connectivity index (χ0v) is 9.63. The molecule has 2 amide bonds. The molecule has 0 aromatic heterocycles. The van der Waals surface area contributed by atoms with Crippen LogP contribution in [0.15, 0.2) is 23.3 Å². The van der Waals surface area contributed by atoms with E-state index in [1.165, 1.54) is 6.08 Å². The molecule has 0 atom stereocenters. The van der Waals surface area contributed by atoms with Gasteiger partial charge >= 0.3 is 0 Å². The van der Waals surface area contributed by atoms with E-state index in [9.17, 15) is 9.59 Å². The van der Waals surface area contributed by atoms with Crippen molar-refractivity contribution in [3.8, 4) is 0 Å². The fourth-order valence-corrected chi connectivity index (χ4v) is 1.08. The van der Waals surface area contributed by atoms with Crippen LogP contribution in [0.5, 0.6) is 0 Å². The Labute approximate surface area is 90.0 Å². The molecule has 0 fully saturated rings. The van der Waals surface area contributed by atoms with E-state index in [0.717, 1.165) is 5.57 Å². The Hall–Kier alpha value is -1.58. The molecule has 0 aliphatic carbocycles. The van der Waals surface area contributed by atoms with Gasteiger partial charge in [-0.2, -0.15) is 0 Å². The highest BCUT2D eigenvalue weighted by Crippen LogP contribution is 2.29. The number of nitrogens with two attached hydrogens (primary N) is 2. The molecule has 0 radical (unpaired) electrons. The highest BCUT2D eigenvalue weighted by atomic mass is 16.1. The molecular formula is C11H18N2O2. The Kier molecular flexibility index (Phi) is 4.27. The first-order valence-corrected chi connectivity index (χ1v) is 4.65. The first-order chi connectivity index (χ1) is 6.68. The number of hydrogen-bond acceptors (Lipinski definition) is 2. The van der Waals surface area contributed by atoms with Crippen molar-refractivity contribution in [3.63, 3.8) is 0 Å². The van der Waals surface area contributed by atoms with Gasteiger partial charge in [0.25, 0.3) is 0 Å². The van der Waals surface area contributed by atoms with Crippen molar-refractivity contribution in [2.45, 2.75) is 27.7 Å². The number of primary amides is 2. The summed E-state index contributed by atoms with van der Waals surface area (Å²) < 4.78 is 0. The van der Waals surface area contributed by atoms with Crippen LogP contribution in [0.1, 0.15) is 27.7 Å². The maximum absolute atomic E-state index is 11.0. The normalized spacial score (nSPS) is 13.9. The summed E-state index contributed by atoms with van der Waals surface area (Å²) in [6, 6.07) is 0. The summed E-state index contributed by atoms with van der Waals surface area (Å²) in [5.41, 5.74) is 11.1. The zero-order chi connectivity index (χ0) is 12.2. The Balaban J connectivity index is 5.12. The second kappa shape index (κ2) is 4.77. The molecule has 4 N–H and O–H groups in total. The molecule has 0 aliphatic rings. The van der Waals surface area contributed by atoms with Crippen molar-refractivity contribution < 1.29 is 9.59 Å². The molecule has 4 nitrogen and oxygen atoms in total. The van der Waals surface area contributed by atoms with Crippen molar-refractivity contribution in [2.24, 2.45) is 16.9 Å². The maximum Gasteiger partial charge on any atom is 0.244 e. The van der Waals surface area contributed by atoms with Gasteiger partial charge in [0.1, 0.15) is 0 Å². The number of allylic oxidation sites excluding steroid dienone is 2. The van der Waals surface area contributed by atoms with Gasteiger partial charge in [-0.25, -0.2) is 0 Å². The number of carbonyl (C=O) groups is 2. The number of amides is 2. The van der Waals surface area contributed by atoms with Crippen LogP contribution in [-0.2, 0) is 9.59 Å². The van der Waals surface area contributed by atoms with E-state index in [4.69, 9.17) is 11.5 Å². The molecule has 0 aromatic rings. The van der Waals surface area contributed by atoms with E-state index < -0.39 is 17.2 Å².